The molecule has 0 fully saturated rings. The molecule has 0 saturated heterocycles. The van der Waals surface area contributed by atoms with Crippen LogP contribution in [0.5, 0.6) is 0 Å². The Morgan fingerprint density at radius 2 is 1.23 bits per heavy atom. The van der Waals surface area contributed by atoms with Crippen molar-refractivity contribution < 1.29 is 43.8 Å². The third kappa shape index (κ3) is 13.5. The van der Waals surface area contributed by atoms with Crippen LogP contribution in [0.1, 0.15) is 52.4 Å². The molecule has 0 heterocycles. The number of rotatable bonds is 17. The summed E-state index contributed by atoms with van der Waals surface area (Å²) in [6.45, 7) is 3.52. The quantitative estimate of drug-likeness (QED) is 0.0991. The predicted molar refractivity (Wildman–Crippen MR) is 120 cm³/mol. The molecule has 15 heteroatoms. The summed E-state index contributed by atoms with van der Waals surface area (Å²) >= 11 is 0. The van der Waals surface area contributed by atoms with E-state index in [-0.39, 0.29) is 25.2 Å². The monoisotopic (exact) mass is 502 g/mol. The summed E-state index contributed by atoms with van der Waals surface area (Å²) in [4.78, 5) is 82.2. The Labute approximate surface area is 201 Å². The van der Waals surface area contributed by atoms with Gasteiger partial charge in [0.2, 0.25) is 29.5 Å². The normalized spacial score (nSPS) is 14.2. The molecule has 0 aromatic rings. The molecule has 0 rings (SSSR count). The van der Waals surface area contributed by atoms with Crippen LogP contribution in [0, 0.1) is 5.92 Å². The zero-order valence-corrected chi connectivity index (χ0v) is 19.6. The Hall–Kier alpha value is -3.75. The summed E-state index contributed by atoms with van der Waals surface area (Å²) in [6.07, 6.45) is -1.77. The van der Waals surface area contributed by atoms with Crippen molar-refractivity contribution in [3.63, 3.8) is 0 Å². The van der Waals surface area contributed by atoms with Gasteiger partial charge in [0, 0.05) is 12.8 Å². The maximum atomic E-state index is 12.9. The van der Waals surface area contributed by atoms with Crippen molar-refractivity contribution in [3.8, 4) is 0 Å². The number of aliphatic carboxylic acids is 2. The maximum Gasteiger partial charge on any atom is 0.326 e. The van der Waals surface area contributed by atoms with E-state index in [1.54, 1.807) is 13.8 Å². The van der Waals surface area contributed by atoms with Gasteiger partial charge in [0.1, 0.15) is 18.1 Å². The van der Waals surface area contributed by atoms with E-state index in [4.69, 9.17) is 22.3 Å². The topological polar surface area (TPSA) is 274 Å². The lowest BCUT2D eigenvalue weighted by atomic mass is 10.0. The van der Waals surface area contributed by atoms with Gasteiger partial charge in [-0.2, -0.15) is 0 Å². The Morgan fingerprint density at radius 3 is 1.69 bits per heavy atom. The van der Waals surface area contributed by atoms with Crippen LogP contribution in [0.25, 0.3) is 0 Å². The first-order valence-corrected chi connectivity index (χ1v) is 10.8. The molecule has 0 saturated carbocycles. The van der Waals surface area contributed by atoms with Gasteiger partial charge in [-0.1, -0.05) is 13.8 Å². The van der Waals surface area contributed by atoms with Crippen molar-refractivity contribution in [2.45, 2.75) is 76.5 Å². The third-order valence-electron chi connectivity index (χ3n) is 4.68. The maximum absolute atomic E-state index is 12.9. The second-order valence-corrected chi connectivity index (χ2v) is 8.37. The minimum absolute atomic E-state index is 0.0583. The molecule has 0 aromatic carbocycles. The van der Waals surface area contributed by atoms with Crippen LogP contribution in [0.3, 0.4) is 0 Å². The largest absolute Gasteiger partial charge is 0.481 e. The van der Waals surface area contributed by atoms with Crippen molar-refractivity contribution in [3.05, 3.63) is 0 Å². The molecule has 0 bridgehead atoms. The number of carboxylic acid groups (broad SMARTS) is 2. The number of nitrogens with one attached hydrogen (secondary N) is 3. The van der Waals surface area contributed by atoms with E-state index in [2.05, 4.69) is 10.6 Å². The molecule has 0 aliphatic rings. The van der Waals surface area contributed by atoms with E-state index in [0.717, 1.165) is 0 Å². The minimum Gasteiger partial charge on any atom is -0.481 e. The number of hydrogen-bond donors (Lipinski definition) is 8. The summed E-state index contributed by atoms with van der Waals surface area (Å²) in [5.41, 5.74) is 15.7. The van der Waals surface area contributed by atoms with E-state index >= 15 is 0 Å². The van der Waals surface area contributed by atoms with Crippen LogP contribution in [-0.2, 0) is 33.6 Å². The van der Waals surface area contributed by atoms with Gasteiger partial charge in [0.25, 0.3) is 0 Å². The van der Waals surface area contributed by atoms with E-state index in [9.17, 15) is 38.7 Å². The molecule has 4 atom stereocenters. The number of carboxylic acids is 2. The molecule has 4 unspecified atom stereocenters. The van der Waals surface area contributed by atoms with Crippen LogP contribution in [0.2, 0.25) is 0 Å². The SMILES string of the molecule is CC(C)CC(NC(=O)C(N)CCC(N)=O)C(=O)NC(CCC(=O)O)C(=O)NC(CC(N)=O)C(=O)O. The van der Waals surface area contributed by atoms with Crippen molar-refractivity contribution in [1.29, 1.82) is 0 Å². The predicted octanol–water partition coefficient (Wildman–Crippen LogP) is -3.10. The fourth-order valence-electron chi connectivity index (χ4n) is 2.89. The number of amides is 5. The standard InChI is InChI=1S/C20H34N6O9/c1-9(2)7-12(25-17(31)10(21)3-5-14(22)27)19(33)24-11(4-6-16(29)30)18(32)26-13(20(34)35)8-15(23)28/h9-13H,3-8,21H2,1-2H3,(H2,22,27)(H2,23,28)(H,24,33)(H,25,31)(H,26,32)(H,29,30)(H,34,35). The number of carbonyl (C=O) groups excluding carboxylic acids is 5. The summed E-state index contributed by atoms with van der Waals surface area (Å²) in [6, 6.07) is -5.51. The van der Waals surface area contributed by atoms with Gasteiger partial charge in [-0.05, 0) is 25.2 Å². The Balaban J connectivity index is 5.57. The number of hydrogen-bond acceptors (Lipinski definition) is 8. The minimum atomic E-state index is -1.70. The molecule has 0 radical (unpaired) electrons. The highest BCUT2D eigenvalue weighted by Gasteiger charge is 2.31. The molecule has 5 amide bonds. The van der Waals surface area contributed by atoms with Gasteiger partial charge < -0.3 is 43.4 Å². The highest BCUT2D eigenvalue weighted by molar-refractivity contribution is 5.95. The van der Waals surface area contributed by atoms with Gasteiger partial charge in [-0.25, -0.2) is 4.79 Å². The first-order chi connectivity index (χ1) is 16.1. The Bertz CT molecular complexity index is 817. The van der Waals surface area contributed by atoms with Crippen molar-refractivity contribution in [2.24, 2.45) is 23.1 Å². The molecule has 198 valence electrons. The van der Waals surface area contributed by atoms with Gasteiger partial charge in [-0.15, -0.1) is 0 Å². The average Bonchev–Trinajstić information content (AvgIpc) is 2.72. The molecular weight excluding hydrogens is 468 g/mol. The lowest BCUT2D eigenvalue weighted by Crippen LogP contribution is -2.57. The average molecular weight is 503 g/mol. The molecular formula is C20H34N6O9. The lowest BCUT2D eigenvalue weighted by Gasteiger charge is -2.25. The highest BCUT2D eigenvalue weighted by atomic mass is 16.4. The smallest absolute Gasteiger partial charge is 0.326 e. The molecule has 0 spiro atoms. The van der Waals surface area contributed by atoms with Crippen LogP contribution < -0.4 is 33.2 Å². The molecule has 11 N–H and O–H groups in total. The van der Waals surface area contributed by atoms with Crippen LogP contribution in [-0.4, -0.2) is 75.9 Å². The number of nitrogens with two attached hydrogens (primary N) is 3. The summed E-state index contributed by atoms with van der Waals surface area (Å²) in [7, 11) is 0. The van der Waals surface area contributed by atoms with Gasteiger partial charge in [0.15, 0.2) is 0 Å². The molecule has 0 aliphatic carbocycles. The second-order valence-electron chi connectivity index (χ2n) is 8.37. The summed E-state index contributed by atoms with van der Waals surface area (Å²) < 4.78 is 0. The Morgan fingerprint density at radius 1 is 0.714 bits per heavy atom. The summed E-state index contributed by atoms with van der Waals surface area (Å²) in [5.74, 6) is -7.25. The van der Waals surface area contributed by atoms with Crippen LogP contribution in [0.15, 0.2) is 0 Å². The van der Waals surface area contributed by atoms with E-state index in [1.807, 2.05) is 5.32 Å². The van der Waals surface area contributed by atoms with Gasteiger partial charge >= 0.3 is 11.9 Å². The second kappa shape index (κ2) is 15.2. The Kier molecular flexibility index (Phi) is 13.6. The fourth-order valence-corrected chi connectivity index (χ4v) is 2.89. The van der Waals surface area contributed by atoms with E-state index < -0.39 is 84.9 Å². The van der Waals surface area contributed by atoms with Crippen LogP contribution >= 0.6 is 0 Å². The van der Waals surface area contributed by atoms with Crippen molar-refractivity contribution in [1.82, 2.24) is 16.0 Å². The zero-order chi connectivity index (χ0) is 27.3. The number of carbonyl (C=O) groups is 7. The fraction of sp³-hybridized carbons (Fsp3) is 0.650. The van der Waals surface area contributed by atoms with Crippen LogP contribution in [0.4, 0.5) is 0 Å². The molecule has 0 aliphatic heterocycles. The van der Waals surface area contributed by atoms with Gasteiger partial charge in [0.05, 0.1) is 12.5 Å². The number of primary amides is 2. The van der Waals surface area contributed by atoms with Gasteiger partial charge in [-0.3, -0.25) is 28.8 Å². The third-order valence-corrected chi connectivity index (χ3v) is 4.68. The summed E-state index contributed by atoms with van der Waals surface area (Å²) in [5, 5.41) is 24.9. The highest BCUT2D eigenvalue weighted by Crippen LogP contribution is 2.08. The van der Waals surface area contributed by atoms with Crippen molar-refractivity contribution >= 4 is 41.5 Å². The first kappa shape index (κ1) is 31.2. The molecule has 15 nitrogen and oxygen atoms in total. The zero-order valence-electron chi connectivity index (χ0n) is 19.6. The molecule has 35 heavy (non-hydrogen) atoms. The van der Waals surface area contributed by atoms with E-state index in [1.165, 1.54) is 0 Å². The van der Waals surface area contributed by atoms with Crippen molar-refractivity contribution in [2.75, 3.05) is 0 Å². The van der Waals surface area contributed by atoms with E-state index in [0.29, 0.717) is 0 Å². The first-order valence-electron chi connectivity index (χ1n) is 10.8. The molecule has 0 aromatic heterocycles. The lowest BCUT2D eigenvalue weighted by molar-refractivity contribution is -0.144.